The van der Waals surface area contributed by atoms with Crippen molar-refractivity contribution in [3.05, 3.63) is 70.2 Å². The average molecular weight is 489 g/mol. The van der Waals surface area contributed by atoms with Gasteiger partial charge in [-0.1, -0.05) is 29.3 Å². The molecule has 0 saturated carbocycles. The first-order valence-electron chi connectivity index (χ1n) is 9.90. The van der Waals surface area contributed by atoms with Crippen molar-refractivity contribution >= 4 is 46.7 Å². The number of halogens is 2. The molecule has 1 aromatic carbocycles. The Bertz CT molecular complexity index is 1110. The van der Waals surface area contributed by atoms with Crippen LogP contribution in [-0.4, -0.2) is 40.0 Å². The number of amides is 1. The van der Waals surface area contributed by atoms with Gasteiger partial charge in [0.2, 0.25) is 0 Å². The van der Waals surface area contributed by atoms with Gasteiger partial charge in [-0.15, -0.1) is 0 Å². The molecule has 3 aromatic rings. The van der Waals surface area contributed by atoms with E-state index >= 15 is 0 Å². The Morgan fingerprint density at radius 2 is 1.91 bits per heavy atom. The summed E-state index contributed by atoms with van der Waals surface area (Å²) < 4.78 is 5.58. The van der Waals surface area contributed by atoms with Crippen LogP contribution in [0.2, 0.25) is 10.2 Å². The zero-order valence-electron chi connectivity index (χ0n) is 17.5. The number of carbonyl (C=O) groups excluding carboxylic acids is 1. The predicted octanol–water partition coefficient (Wildman–Crippen LogP) is 2.89. The minimum Gasteiger partial charge on any atom is -0.494 e. The monoisotopic (exact) mass is 488 g/mol. The largest absolute Gasteiger partial charge is 0.494 e. The number of pyridine rings is 1. The second-order valence-electron chi connectivity index (χ2n) is 6.66. The van der Waals surface area contributed by atoms with Gasteiger partial charge in [-0.25, -0.2) is 9.97 Å². The number of carbonyl (C=O) groups is 1. The Kier molecular flexibility index (Phi) is 8.62. The Morgan fingerprint density at radius 3 is 2.64 bits per heavy atom. The Morgan fingerprint density at radius 1 is 1.12 bits per heavy atom. The molecule has 6 N–H and O–H groups in total. The van der Waals surface area contributed by atoms with Gasteiger partial charge < -0.3 is 26.8 Å². The van der Waals surface area contributed by atoms with Gasteiger partial charge in [-0.3, -0.25) is 9.78 Å². The van der Waals surface area contributed by atoms with Crippen LogP contribution in [0.5, 0.6) is 5.75 Å². The number of anilines is 2. The first-order chi connectivity index (χ1) is 15.9. The summed E-state index contributed by atoms with van der Waals surface area (Å²) in [6.07, 6.45) is 2.29. The molecule has 0 aliphatic heterocycles. The van der Waals surface area contributed by atoms with Crippen LogP contribution in [0.1, 0.15) is 22.6 Å². The number of nitrogen functional groups attached to an aromatic ring is 1. The molecule has 1 amide bonds. The number of hydrogen-bond acceptors (Lipinski definition) is 7. The van der Waals surface area contributed by atoms with Crippen LogP contribution in [0.4, 0.5) is 11.6 Å². The van der Waals surface area contributed by atoms with E-state index in [0.29, 0.717) is 36.9 Å². The molecule has 0 radical (unpaired) electrons. The first kappa shape index (κ1) is 24.0. The number of rotatable bonds is 9. The topological polar surface area (TPSA) is 153 Å². The van der Waals surface area contributed by atoms with E-state index < -0.39 is 5.91 Å². The molecule has 0 unspecified atom stereocenters. The lowest BCUT2D eigenvalue weighted by atomic mass is 10.3. The maximum Gasteiger partial charge on any atom is 0.302 e. The van der Waals surface area contributed by atoms with Crippen LogP contribution < -0.4 is 26.8 Å². The third-order valence-corrected chi connectivity index (χ3v) is 4.69. The second kappa shape index (κ2) is 11.8. The van der Waals surface area contributed by atoms with Crippen LogP contribution in [0, 0.1) is 0 Å². The third kappa shape index (κ3) is 7.48. The molecule has 0 bridgehead atoms. The normalized spacial score (nSPS) is 11.2. The van der Waals surface area contributed by atoms with Crippen LogP contribution in [0.15, 0.2) is 53.7 Å². The molecule has 172 valence electrons. The number of hydrogen-bond donors (Lipinski definition) is 4. The lowest BCUT2D eigenvalue weighted by molar-refractivity contribution is 0.0998. The van der Waals surface area contributed by atoms with E-state index in [-0.39, 0.29) is 28.4 Å². The zero-order valence-corrected chi connectivity index (χ0v) is 19.0. The molecule has 2 aromatic heterocycles. The molecule has 0 atom stereocenters. The highest BCUT2D eigenvalue weighted by molar-refractivity contribution is 6.32. The highest BCUT2D eigenvalue weighted by Gasteiger charge is 2.17. The molecule has 3 rings (SSSR count). The van der Waals surface area contributed by atoms with E-state index in [0.717, 1.165) is 5.69 Å². The number of nitrogens with zero attached hydrogens (tertiary/aromatic N) is 4. The van der Waals surface area contributed by atoms with Crippen LogP contribution in [-0.2, 0) is 6.54 Å². The molecule has 0 saturated heterocycles. The number of nitrogens with one attached hydrogen (secondary N) is 2. The molecular weight excluding hydrogens is 467 g/mol. The van der Waals surface area contributed by atoms with Gasteiger partial charge in [0.05, 0.1) is 18.8 Å². The number of guanidine groups is 1. The van der Waals surface area contributed by atoms with Crippen molar-refractivity contribution in [3.63, 3.8) is 0 Å². The molecule has 33 heavy (non-hydrogen) atoms. The number of ether oxygens (including phenoxy) is 1. The average Bonchev–Trinajstić information content (AvgIpc) is 2.81. The van der Waals surface area contributed by atoms with Crippen molar-refractivity contribution in [3.8, 4) is 5.75 Å². The fourth-order valence-corrected chi connectivity index (χ4v) is 2.91. The fraction of sp³-hybridized carbons (Fsp3) is 0.190. The van der Waals surface area contributed by atoms with Gasteiger partial charge in [0.1, 0.15) is 5.75 Å². The second-order valence-corrected chi connectivity index (χ2v) is 7.45. The molecule has 10 nitrogen and oxygen atoms in total. The van der Waals surface area contributed by atoms with Crippen molar-refractivity contribution in [1.29, 1.82) is 0 Å². The van der Waals surface area contributed by atoms with E-state index in [2.05, 4.69) is 30.6 Å². The SMILES string of the molecule is N/C(=N\C(=O)c1nc(Cl)c(NCc2ccccn2)nc1N)NCCCOc1ccc(Cl)cc1. The van der Waals surface area contributed by atoms with Crippen LogP contribution in [0.3, 0.4) is 0 Å². The highest BCUT2D eigenvalue weighted by atomic mass is 35.5. The molecule has 2 heterocycles. The molecule has 12 heteroatoms. The summed E-state index contributed by atoms with van der Waals surface area (Å²) in [5, 5.41) is 6.42. The number of nitrogens with two attached hydrogens (primary N) is 2. The Labute approximate surface area is 200 Å². The maximum absolute atomic E-state index is 12.4. The minimum atomic E-state index is -0.763. The quantitative estimate of drug-likeness (QED) is 0.202. The summed E-state index contributed by atoms with van der Waals surface area (Å²) in [5.41, 5.74) is 12.2. The van der Waals surface area contributed by atoms with Crippen molar-refractivity contribution in [2.45, 2.75) is 13.0 Å². The zero-order chi connectivity index (χ0) is 23.6. The van der Waals surface area contributed by atoms with E-state index in [4.69, 9.17) is 39.4 Å². The van der Waals surface area contributed by atoms with Crippen molar-refractivity contribution < 1.29 is 9.53 Å². The highest BCUT2D eigenvalue weighted by Crippen LogP contribution is 2.21. The van der Waals surface area contributed by atoms with Crippen LogP contribution in [0.25, 0.3) is 0 Å². The lowest BCUT2D eigenvalue weighted by Gasteiger charge is -2.10. The van der Waals surface area contributed by atoms with E-state index in [1.807, 2.05) is 18.2 Å². The van der Waals surface area contributed by atoms with Gasteiger partial charge in [0.25, 0.3) is 0 Å². The summed E-state index contributed by atoms with van der Waals surface area (Å²) in [6, 6.07) is 12.6. The van der Waals surface area contributed by atoms with E-state index in [1.54, 1.807) is 30.5 Å². The summed E-state index contributed by atoms with van der Waals surface area (Å²) in [6.45, 7) is 1.24. The van der Waals surface area contributed by atoms with Gasteiger partial charge in [0, 0.05) is 17.8 Å². The molecule has 0 aliphatic carbocycles. The van der Waals surface area contributed by atoms with E-state index in [1.165, 1.54) is 0 Å². The Balaban J connectivity index is 1.49. The summed E-state index contributed by atoms with van der Waals surface area (Å²) in [7, 11) is 0. The predicted molar refractivity (Wildman–Crippen MR) is 129 cm³/mol. The summed E-state index contributed by atoms with van der Waals surface area (Å²) in [4.78, 5) is 28.5. The fourth-order valence-electron chi connectivity index (χ4n) is 2.59. The van der Waals surface area contributed by atoms with Gasteiger partial charge in [-0.05, 0) is 42.8 Å². The first-order valence-corrected chi connectivity index (χ1v) is 10.7. The minimum absolute atomic E-state index is 0.0236. The molecule has 0 aliphatic rings. The molecule has 0 fully saturated rings. The molecule has 0 spiro atoms. The third-order valence-electron chi connectivity index (χ3n) is 4.18. The maximum atomic E-state index is 12.4. The number of aromatic nitrogens is 3. The van der Waals surface area contributed by atoms with E-state index in [9.17, 15) is 4.79 Å². The smallest absolute Gasteiger partial charge is 0.302 e. The van der Waals surface area contributed by atoms with Gasteiger partial charge in [-0.2, -0.15) is 4.99 Å². The standard InChI is InChI=1S/C21H22Cl2N8O2/c22-13-5-7-15(8-6-13)33-11-3-10-27-21(25)31-20(32)16-18(24)30-19(17(23)29-16)28-12-14-4-1-2-9-26-14/h1-2,4-9H,3,10-12H2,(H3,24,28,30)(H3,25,27,31,32). The van der Waals surface area contributed by atoms with Crippen LogP contribution >= 0.6 is 23.2 Å². The number of benzene rings is 1. The van der Waals surface area contributed by atoms with Gasteiger partial charge in [0.15, 0.2) is 28.4 Å². The van der Waals surface area contributed by atoms with Crippen molar-refractivity contribution in [2.75, 3.05) is 24.2 Å². The molecular formula is C21H22Cl2N8O2. The van der Waals surface area contributed by atoms with Crippen molar-refractivity contribution in [2.24, 2.45) is 10.7 Å². The summed E-state index contributed by atoms with van der Waals surface area (Å²) in [5.74, 6) is -0.0326. The lowest BCUT2D eigenvalue weighted by Crippen LogP contribution is -2.34. The van der Waals surface area contributed by atoms with Crippen molar-refractivity contribution in [1.82, 2.24) is 20.3 Å². The Hall–Kier alpha value is -3.63. The summed E-state index contributed by atoms with van der Waals surface area (Å²) >= 11 is 12.0. The number of aliphatic imine (C=N–C) groups is 1. The van der Waals surface area contributed by atoms with Gasteiger partial charge >= 0.3 is 5.91 Å².